The largest absolute Gasteiger partial charge is 0.458 e. The molecule has 4 heterocycles. The van der Waals surface area contributed by atoms with Gasteiger partial charge in [-0.1, -0.05) is 109 Å². The number of ether oxygens (including phenoxy) is 1. The molecule has 11 aromatic rings. The van der Waals surface area contributed by atoms with Crippen molar-refractivity contribution >= 4 is 101 Å². The zero-order chi connectivity index (χ0) is 40.2. The van der Waals surface area contributed by atoms with E-state index in [0.717, 1.165) is 78.7 Å². The van der Waals surface area contributed by atoms with Crippen molar-refractivity contribution in [2.75, 3.05) is 9.80 Å². The Labute approximate surface area is 353 Å². The van der Waals surface area contributed by atoms with Crippen molar-refractivity contribution in [2.45, 2.75) is 6.92 Å². The number of nitrogens with zero attached hydrogens (tertiary/aromatic N) is 3. The summed E-state index contributed by atoms with van der Waals surface area (Å²) < 4.78 is 15.7. The Kier molecular flexibility index (Phi) is 7.25. The van der Waals surface area contributed by atoms with Gasteiger partial charge in [0, 0.05) is 67.4 Å². The molecule has 0 aliphatic carbocycles. The van der Waals surface area contributed by atoms with Gasteiger partial charge < -0.3 is 23.5 Å². The molecule has 5 nitrogen and oxygen atoms in total. The summed E-state index contributed by atoms with van der Waals surface area (Å²) in [7, 11) is 0. The molecule has 0 bridgehead atoms. The van der Waals surface area contributed by atoms with Gasteiger partial charge in [0.25, 0.3) is 6.71 Å². The van der Waals surface area contributed by atoms with Gasteiger partial charge in [0.2, 0.25) is 0 Å². The fourth-order valence-electron chi connectivity index (χ4n) is 9.97. The fourth-order valence-corrected chi connectivity index (χ4v) is 9.97. The maximum absolute atomic E-state index is 7.07. The lowest BCUT2D eigenvalue weighted by atomic mass is 9.34. The van der Waals surface area contributed by atoms with Gasteiger partial charge in [0.1, 0.15) is 22.7 Å². The van der Waals surface area contributed by atoms with Crippen molar-refractivity contribution in [3.63, 3.8) is 0 Å². The monoisotopic (exact) mass is 781 g/mol. The third-order valence-electron chi connectivity index (χ3n) is 12.7. The number of anilines is 6. The first-order valence-electron chi connectivity index (χ1n) is 20.9. The second-order valence-corrected chi connectivity index (χ2v) is 16.2. The predicted molar refractivity (Wildman–Crippen MR) is 253 cm³/mol. The molecule has 0 N–H and O–H groups in total. The summed E-state index contributed by atoms with van der Waals surface area (Å²) >= 11 is 0. The Morgan fingerprint density at radius 1 is 0.443 bits per heavy atom. The topological polar surface area (TPSA) is 33.8 Å². The van der Waals surface area contributed by atoms with Gasteiger partial charge in [-0.25, -0.2) is 0 Å². The van der Waals surface area contributed by atoms with Crippen LogP contribution in [0.1, 0.15) is 5.56 Å². The summed E-state index contributed by atoms with van der Waals surface area (Å²) in [4.78, 5) is 4.75. The van der Waals surface area contributed by atoms with Gasteiger partial charge in [0.15, 0.2) is 0 Å². The Morgan fingerprint density at radius 3 is 1.97 bits per heavy atom. The Morgan fingerprint density at radius 2 is 1.13 bits per heavy atom. The van der Waals surface area contributed by atoms with E-state index in [9.17, 15) is 0 Å². The van der Waals surface area contributed by atoms with Crippen molar-refractivity contribution < 1.29 is 9.15 Å². The van der Waals surface area contributed by atoms with Crippen molar-refractivity contribution in [3.05, 3.63) is 206 Å². The molecular weight excluding hydrogens is 745 g/mol. The number of aromatic nitrogens is 1. The molecule has 0 unspecified atom stereocenters. The molecule has 2 aliphatic rings. The number of hydrogen-bond donors (Lipinski definition) is 0. The Bertz CT molecular complexity index is 3540. The number of fused-ring (bicyclic) bond motifs is 10. The van der Waals surface area contributed by atoms with E-state index in [1.54, 1.807) is 0 Å². The number of rotatable bonds is 5. The quantitative estimate of drug-likeness (QED) is 0.163. The van der Waals surface area contributed by atoms with Crippen molar-refractivity contribution in [2.24, 2.45) is 0 Å². The van der Waals surface area contributed by atoms with Crippen LogP contribution in [0.25, 0.3) is 49.4 Å². The summed E-state index contributed by atoms with van der Waals surface area (Å²) in [5.74, 6) is 1.73. The minimum absolute atomic E-state index is 0.0660. The Hall–Kier alpha value is -7.96. The van der Waals surface area contributed by atoms with E-state index in [1.807, 2.05) is 12.1 Å². The molecule has 61 heavy (non-hydrogen) atoms. The highest BCUT2D eigenvalue weighted by molar-refractivity contribution is 6.99. The van der Waals surface area contributed by atoms with Gasteiger partial charge in [-0.15, -0.1) is 0 Å². The molecule has 2 aromatic heterocycles. The maximum Gasteiger partial charge on any atom is 0.256 e. The first-order chi connectivity index (χ1) is 30.2. The van der Waals surface area contributed by atoms with E-state index in [2.05, 4.69) is 209 Å². The number of para-hydroxylation sites is 4. The highest BCUT2D eigenvalue weighted by Gasteiger charge is 2.42. The van der Waals surface area contributed by atoms with Gasteiger partial charge in [-0.2, -0.15) is 0 Å². The van der Waals surface area contributed by atoms with E-state index < -0.39 is 0 Å². The predicted octanol–water partition coefficient (Wildman–Crippen LogP) is 12.9. The maximum atomic E-state index is 7.07. The molecule has 0 fully saturated rings. The molecule has 0 atom stereocenters. The average Bonchev–Trinajstić information content (AvgIpc) is 3.84. The van der Waals surface area contributed by atoms with E-state index >= 15 is 0 Å². The standard InChI is InChI=1S/C55H36BN3O2/c1-35-23-25-38(26-24-35)57(39-28-30-52-44(31-39)42-18-9-11-21-51(42)60-52)40-27-29-45-54(32-40)61-53-22-12-20-48-55(53)56(45)46-33-43-41-17-8-10-19-47(41)58(36-13-4-2-5-14-36)49(43)34-50(46)59(48)37-15-6-3-7-16-37/h2-34H,1H3. The number of furan rings is 1. The smallest absolute Gasteiger partial charge is 0.256 e. The minimum atomic E-state index is -0.0660. The van der Waals surface area contributed by atoms with Crippen LogP contribution in [0.3, 0.4) is 0 Å². The third-order valence-corrected chi connectivity index (χ3v) is 12.7. The minimum Gasteiger partial charge on any atom is -0.458 e. The van der Waals surface area contributed by atoms with Crippen LogP contribution in [0.5, 0.6) is 11.5 Å². The van der Waals surface area contributed by atoms with Crippen molar-refractivity contribution in [3.8, 4) is 17.2 Å². The van der Waals surface area contributed by atoms with E-state index in [0.29, 0.717) is 0 Å². The highest BCUT2D eigenvalue weighted by Crippen LogP contribution is 2.45. The molecule has 0 amide bonds. The van der Waals surface area contributed by atoms with Gasteiger partial charge in [-0.3, -0.25) is 0 Å². The summed E-state index contributed by atoms with van der Waals surface area (Å²) in [5.41, 5.74) is 16.5. The van der Waals surface area contributed by atoms with Crippen molar-refractivity contribution in [1.29, 1.82) is 0 Å². The van der Waals surface area contributed by atoms with Gasteiger partial charge in [-0.05, 0) is 114 Å². The van der Waals surface area contributed by atoms with Crippen LogP contribution >= 0.6 is 0 Å². The van der Waals surface area contributed by atoms with Crippen LogP contribution in [0, 0.1) is 6.92 Å². The lowest BCUT2D eigenvalue weighted by molar-refractivity contribution is 0.487. The van der Waals surface area contributed by atoms with Crippen LogP contribution < -0.4 is 30.9 Å². The molecule has 2 aliphatic heterocycles. The molecule has 286 valence electrons. The van der Waals surface area contributed by atoms with Gasteiger partial charge >= 0.3 is 0 Å². The molecule has 0 saturated carbocycles. The number of benzene rings is 9. The zero-order valence-corrected chi connectivity index (χ0v) is 33.3. The van der Waals surface area contributed by atoms with Crippen LogP contribution in [0.15, 0.2) is 205 Å². The SMILES string of the molecule is Cc1ccc(N(c2ccc3c(c2)Oc2cccc4c2B3c2cc3c5ccccc5n(-c5ccccc5)c3cc2N4c2ccccc2)c2ccc3oc4ccccc4c3c2)cc1. The normalized spacial score (nSPS) is 12.7. The second kappa shape index (κ2) is 13.0. The van der Waals surface area contributed by atoms with E-state index in [1.165, 1.54) is 38.3 Å². The van der Waals surface area contributed by atoms with Crippen molar-refractivity contribution in [1.82, 2.24) is 4.57 Å². The lowest BCUT2D eigenvalue weighted by Crippen LogP contribution is -2.59. The summed E-state index contributed by atoms with van der Waals surface area (Å²) in [6.07, 6.45) is 0. The number of aryl methyl sites for hydroxylation is 1. The molecule has 0 spiro atoms. The third kappa shape index (κ3) is 5.09. The molecular formula is C55H36BN3O2. The summed E-state index contributed by atoms with van der Waals surface area (Å²) in [6.45, 7) is 2.06. The van der Waals surface area contributed by atoms with Crippen LogP contribution in [0.2, 0.25) is 0 Å². The molecule has 0 radical (unpaired) electrons. The van der Waals surface area contributed by atoms with Crippen LogP contribution in [-0.4, -0.2) is 11.3 Å². The van der Waals surface area contributed by atoms with Gasteiger partial charge in [0.05, 0.1) is 11.0 Å². The molecule has 13 rings (SSSR count). The summed E-state index contributed by atoms with van der Waals surface area (Å²) in [6, 6.07) is 71.9. The summed E-state index contributed by atoms with van der Waals surface area (Å²) in [5, 5.41) is 4.64. The van der Waals surface area contributed by atoms with Crippen LogP contribution in [-0.2, 0) is 0 Å². The second-order valence-electron chi connectivity index (χ2n) is 16.2. The Balaban J connectivity index is 1.04. The molecule has 9 aromatic carbocycles. The van der Waals surface area contributed by atoms with Crippen LogP contribution in [0.4, 0.5) is 34.1 Å². The highest BCUT2D eigenvalue weighted by atomic mass is 16.5. The van der Waals surface area contributed by atoms with E-state index in [-0.39, 0.29) is 6.71 Å². The zero-order valence-electron chi connectivity index (χ0n) is 33.3. The first kappa shape index (κ1) is 34.0. The average molecular weight is 782 g/mol. The lowest BCUT2D eigenvalue weighted by Gasteiger charge is -2.40. The molecule has 6 heteroatoms. The van der Waals surface area contributed by atoms with E-state index in [4.69, 9.17) is 9.15 Å². The fraction of sp³-hybridized carbons (Fsp3) is 0.0182. The molecule has 0 saturated heterocycles. The first-order valence-corrected chi connectivity index (χ1v) is 20.9. The number of hydrogen-bond acceptors (Lipinski definition) is 4.